The van der Waals surface area contributed by atoms with Gasteiger partial charge in [-0.3, -0.25) is 9.78 Å². The van der Waals surface area contributed by atoms with Gasteiger partial charge in [-0.2, -0.15) is 0 Å². The highest BCUT2D eigenvalue weighted by molar-refractivity contribution is 7.84. The van der Waals surface area contributed by atoms with E-state index in [-0.39, 0.29) is 10.3 Å². The third-order valence-corrected chi connectivity index (χ3v) is 6.72. The molecule has 0 aliphatic carbocycles. The fourth-order valence-electron chi connectivity index (χ4n) is 2.76. The number of fused-ring (bicyclic) bond motifs is 2. The van der Waals surface area contributed by atoms with Gasteiger partial charge in [0, 0.05) is 17.3 Å². The van der Waals surface area contributed by atoms with Crippen molar-refractivity contribution in [3.8, 4) is 0 Å². The summed E-state index contributed by atoms with van der Waals surface area (Å²) in [5, 5.41) is 0. The summed E-state index contributed by atoms with van der Waals surface area (Å²) >= 11 is 0. The zero-order chi connectivity index (χ0) is 15.3. The number of nitrogens with zero attached hydrogens (tertiary/aromatic N) is 2. The van der Waals surface area contributed by atoms with Crippen LogP contribution < -0.4 is 0 Å². The molecule has 1 unspecified atom stereocenters. The van der Waals surface area contributed by atoms with Crippen LogP contribution in [0.5, 0.6) is 0 Å². The van der Waals surface area contributed by atoms with Crippen molar-refractivity contribution in [1.82, 2.24) is 9.29 Å². The molecule has 0 saturated carbocycles. The smallest absolute Gasteiger partial charge is 0.151 e. The molecule has 1 fully saturated rings. The lowest BCUT2D eigenvalue weighted by atomic mass is 9.90. The van der Waals surface area contributed by atoms with Gasteiger partial charge >= 0.3 is 0 Å². The van der Waals surface area contributed by atoms with Crippen molar-refractivity contribution in [2.45, 2.75) is 44.0 Å². The van der Waals surface area contributed by atoms with Crippen molar-refractivity contribution in [1.29, 1.82) is 0 Å². The van der Waals surface area contributed by atoms with Gasteiger partial charge < -0.3 is 4.74 Å². The van der Waals surface area contributed by atoms with Gasteiger partial charge in [0.25, 0.3) is 0 Å². The summed E-state index contributed by atoms with van der Waals surface area (Å²) in [4.78, 5) is 15.4. The number of hydrogen-bond donors (Lipinski definition) is 0. The van der Waals surface area contributed by atoms with E-state index in [9.17, 15) is 9.00 Å². The first-order chi connectivity index (χ1) is 9.94. The van der Waals surface area contributed by atoms with Crippen LogP contribution in [0.1, 0.15) is 48.8 Å². The molecule has 1 saturated heterocycles. The average molecular weight is 308 g/mol. The van der Waals surface area contributed by atoms with Gasteiger partial charge in [0.2, 0.25) is 0 Å². The van der Waals surface area contributed by atoms with E-state index in [1.54, 1.807) is 6.20 Å². The van der Waals surface area contributed by atoms with Gasteiger partial charge in [-0.25, -0.2) is 8.51 Å². The summed E-state index contributed by atoms with van der Waals surface area (Å²) in [7, 11) is -1.13. The Bertz CT molecular complexity index is 611. The summed E-state index contributed by atoms with van der Waals surface area (Å²) in [6, 6.07) is 1.87. The van der Waals surface area contributed by atoms with E-state index < -0.39 is 11.0 Å². The molecule has 2 aliphatic rings. The van der Waals surface area contributed by atoms with Crippen LogP contribution in [0.15, 0.2) is 12.3 Å². The minimum atomic E-state index is -1.13. The molecule has 0 radical (unpaired) electrons. The predicted octanol–water partition coefficient (Wildman–Crippen LogP) is 1.79. The Kier molecular flexibility index (Phi) is 3.50. The fraction of sp³-hybridized carbons (Fsp3) is 0.600. The Balaban J connectivity index is 2.03. The van der Waals surface area contributed by atoms with Crippen LogP contribution in [0.25, 0.3) is 0 Å². The van der Waals surface area contributed by atoms with E-state index >= 15 is 0 Å². The van der Waals surface area contributed by atoms with Crippen LogP contribution in [-0.4, -0.2) is 37.7 Å². The third kappa shape index (κ3) is 2.08. The molecule has 0 N–H and O–H groups in total. The number of ether oxygens (including phenoxy) is 1. The Morgan fingerprint density at radius 3 is 2.76 bits per heavy atom. The van der Waals surface area contributed by atoms with Crippen molar-refractivity contribution in [2.24, 2.45) is 0 Å². The standard InChI is InChI=1S/C15H20N2O3S/c1-4-14(2,3)21(19)17-7-13-12(15(17)9-20-10-15)5-11(8-18)6-16-13/h5-6,8H,4,7,9-10H2,1-3H3. The highest BCUT2D eigenvalue weighted by Crippen LogP contribution is 2.46. The molecule has 1 atom stereocenters. The van der Waals surface area contributed by atoms with E-state index in [2.05, 4.69) is 4.98 Å². The first kappa shape index (κ1) is 14.8. The van der Waals surface area contributed by atoms with Crippen LogP contribution in [0, 0.1) is 0 Å². The maximum absolute atomic E-state index is 13.0. The molecule has 1 aromatic rings. The third-order valence-electron chi connectivity index (χ3n) is 4.61. The van der Waals surface area contributed by atoms with Gasteiger partial charge in [0.1, 0.15) is 16.5 Å². The molecule has 114 valence electrons. The summed E-state index contributed by atoms with van der Waals surface area (Å²) in [6.07, 6.45) is 3.21. The van der Waals surface area contributed by atoms with E-state index in [1.807, 2.05) is 31.1 Å². The van der Waals surface area contributed by atoms with Crippen LogP contribution in [0.4, 0.5) is 0 Å². The lowest BCUT2D eigenvalue weighted by molar-refractivity contribution is -0.109. The van der Waals surface area contributed by atoms with Crippen molar-refractivity contribution in [3.05, 3.63) is 29.1 Å². The largest absolute Gasteiger partial charge is 0.377 e. The number of aldehydes is 1. The SMILES string of the molecule is CCC(C)(C)S(=O)N1Cc2ncc(C=O)cc2C12COC2. The second-order valence-corrected chi connectivity index (χ2v) is 8.35. The number of carbonyl (C=O) groups excluding carboxylic acids is 1. The molecule has 0 amide bonds. The van der Waals surface area contributed by atoms with Gasteiger partial charge in [0.05, 0.1) is 30.2 Å². The average Bonchev–Trinajstić information content (AvgIpc) is 2.79. The van der Waals surface area contributed by atoms with E-state index in [0.29, 0.717) is 25.3 Å². The zero-order valence-electron chi connectivity index (χ0n) is 12.6. The number of aromatic nitrogens is 1. The second-order valence-electron chi connectivity index (χ2n) is 6.30. The first-order valence-electron chi connectivity index (χ1n) is 7.16. The number of pyridine rings is 1. The molecule has 3 rings (SSSR count). The van der Waals surface area contributed by atoms with Gasteiger partial charge in [-0.05, 0) is 26.3 Å². The number of carbonyl (C=O) groups is 1. The molecule has 0 aromatic carbocycles. The highest BCUT2D eigenvalue weighted by Gasteiger charge is 2.55. The first-order valence-corrected chi connectivity index (χ1v) is 8.27. The van der Waals surface area contributed by atoms with Crippen molar-refractivity contribution in [2.75, 3.05) is 13.2 Å². The minimum absolute atomic E-state index is 0.294. The number of rotatable bonds is 4. The van der Waals surface area contributed by atoms with Crippen molar-refractivity contribution < 1.29 is 13.7 Å². The lowest BCUT2D eigenvalue weighted by Gasteiger charge is -2.46. The molecule has 5 nitrogen and oxygen atoms in total. The molecule has 6 heteroatoms. The lowest BCUT2D eigenvalue weighted by Crippen LogP contribution is -2.58. The summed E-state index contributed by atoms with van der Waals surface area (Å²) in [5.41, 5.74) is 2.09. The minimum Gasteiger partial charge on any atom is -0.377 e. The molecule has 2 aliphatic heterocycles. The Hall–Kier alpha value is -1.11. The van der Waals surface area contributed by atoms with Crippen molar-refractivity contribution in [3.63, 3.8) is 0 Å². The van der Waals surface area contributed by atoms with Crippen LogP contribution in [-0.2, 0) is 27.8 Å². The quantitative estimate of drug-likeness (QED) is 0.796. The molecular formula is C15H20N2O3S. The molecule has 1 spiro atoms. The van der Waals surface area contributed by atoms with Gasteiger partial charge in [-0.15, -0.1) is 0 Å². The normalized spacial score (nSPS) is 21.9. The summed E-state index contributed by atoms with van der Waals surface area (Å²) in [5.74, 6) is 0. The molecule has 1 aromatic heterocycles. The van der Waals surface area contributed by atoms with Crippen LogP contribution >= 0.6 is 0 Å². The summed E-state index contributed by atoms with van der Waals surface area (Å²) < 4.78 is 20.2. The molecular weight excluding hydrogens is 288 g/mol. The monoisotopic (exact) mass is 308 g/mol. The molecule has 21 heavy (non-hydrogen) atoms. The summed E-state index contributed by atoms with van der Waals surface area (Å²) in [6.45, 7) is 7.65. The van der Waals surface area contributed by atoms with E-state index in [1.165, 1.54) is 0 Å². The fourth-order valence-corrected chi connectivity index (χ4v) is 4.36. The Morgan fingerprint density at radius 2 is 2.24 bits per heavy atom. The Morgan fingerprint density at radius 1 is 1.52 bits per heavy atom. The van der Waals surface area contributed by atoms with Crippen molar-refractivity contribution >= 4 is 17.3 Å². The van der Waals surface area contributed by atoms with Crippen LogP contribution in [0.3, 0.4) is 0 Å². The van der Waals surface area contributed by atoms with Crippen LogP contribution in [0.2, 0.25) is 0 Å². The van der Waals surface area contributed by atoms with Gasteiger partial charge in [0.15, 0.2) is 6.29 Å². The second kappa shape index (κ2) is 4.97. The van der Waals surface area contributed by atoms with Gasteiger partial charge in [-0.1, -0.05) is 6.92 Å². The molecule has 3 heterocycles. The highest BCUT2D eigenvalue weighted by atomic mass is 32.2. The maximum Gasteiger partial charge on any atom is 0.151 e. The molecule has 0 bridgehead atoms. The topological polar surface area (TPSA) is 59.5 Å². The maximum atomic E-state index is 13.0. The zero-order valence-corrected chi connectivity index (χ0v) is 13.4. The number of hydrogen-bond acceptors (Lipinski definition) is 4. The Labute approximate surface area is 127 Å². The van der Waals surface area contributed by atoms with E-state index in [4.69, 9.17) is 4.74 Å². The predicted molar refractivity (Wildman–Crippen MR) is 80.2 cm³/mol. The van der Waals surface area contributed by atoms with E-state index in [0.717, 1.165) is 24.0 Å².